The summed E-state index contributed by atoms with van der Waals surface area (Å²) in [4.78, 5) is 0. The number of benzene rings is 2. The molecule has 3 rings (SSSR count). The fourth-order valence-corrected chi connectivity index (χ4v) is 3.44. The highest BCUT2D eigenvalue weighted by Crippen LogP contribution is 2.29. The summed E-state index contributed by atoms with van der Waals surface area (Å²) >= 11 is 7.67. The Labute approximate surface area is 157 Å². The Bertz CT molecular complexity index is 833. The monoisotopic (exact) mass is 373 g/mol. The van der Waals surface area contributed by atoms with Crippen LogP contribution in [-0.2, 0) is 4.74 Å². The summed E-state index contributed by atoms with van der Waals surface area (Å²) in [6.45, 7) is 5.51. The van der Waals surface area contributed by atoms with E-state index < -0.39 is 0 Å². The Morgan fingerprint density at radius 3 is 2.56 bits per heavy atom. The van der Waals surface area contributed by atoms with Crippen molar-refractivity contribution in [1.29, 1.82) is 0 Å². The molecule has 6 heteroatoms. The number of hydrogen-bond donors (Lipinski definition) is 0. The van der Waals surface area contributed by atoms with Crippen molar-refractivity contribution in [2.24, 2.45) is 0 Å². The van der Waals surface area contributed by atoms with E-state index in [1.165, 1.54) is 5.56 Å². The third-order valence-corrected chi connectivity index (χ3v) is 4.90. The standard InChI is InChI=1S/C19H20ClN3OS/c1-3-24-12-13-25-19-22-21-18(15-8-10-16(20)11-9-15)23(19)17-7-5-4-6-14(17)2/h4-11H,3,12-13H2,1-2H3. The van der Waals surface area contributed by atoms with Crippen molar-refractivity contribution in [3.63, 3.8) is 0 Å². The lowest BCUT2D eigenvalue weighted by molar-refractivity contribution is 0.164. The molecule has 0 saturated heterocycles. The number of ether oxygens (including phenoxy) is 1. The van der Waals surface area contributed by atoms with Crippen molar-refractivity contribution in [3.8, 4) is 17.1 Å². The van der Waals surface area contributed by atoms with Crippen molar-refractivity contribution in [2.45, 2.75) is 19.0 Å². The van der Waals surface area contributed by atoms with Crippen LogP contribution in [0, 0.1) is 6.92 Å². The van der Waals surface area contributed by atoms with Crippen LogP contribution in [0.2, 0.25) is 5.02 Å². The number of para-hydroxylation sites is 1. The molecule has 0 unspecified atom stereocenters. The van der Waals surface area contributed by atoms with Gasteiger partial charge in [0.25, 0.3) is 0 Å². The third-order valence-electron chi connectivity index (χ3n) is 3.76. The minimum Gasteiger partial charge on any atom is -0.381 e. The van der Waals surface area contributed by atoms with Gasteiger partial charge in [-0.3, -0.25) is 4.57 Å². The first-order valence-corrected chi connectivity index (χ1v) is 9.55. The van der Waals surface area contributed by atoms with Crippen LogP contribution in [0.25, 0.3) is 17.1 Å². The van der Waals surface area contributed by atoms with Crippen molar-refractivity contribution >= 4 is 23.4 Å². The number of aromatic nitrogens is 3. The van der Waals surface area contributed by atoms with Gasteiger partial charge in [-0.1, -0.05) is 41.6 Å². The smallest absolute Gasteiger partial charge is 0.196 e. The Morgan fingerprint density at radius 1 is 1.08 bits per heavy atom. The Morgan fingerprint density at radius 2 is 1.84 bits per heavy atom. The van der Waals surface area contributed by atoms with Gasteiger partial charge in [-0.05, 0) is 49.7 Å². The zero-order chi connectivity index (χ0) is 17.6. The maximum absolute atomic E-state index is 6.02. The van der Waals surface area contributed by atoms with Crippen LogP contribution in [0.5, 0.6) is 0 Å². The van der Waals surface area contributed by atoms with Crippen molar-refractivity contribution in [3.05, 3.63) is 59.1 Å². The molecule has 0 fully saturated rings. The number of thioether (sulfide) groups is 1. The average Bonchev–Trinajstić information content (AvgIpc) is 3.03. The summed E-state index contributed by atoms with van der Waals surface area (Å²) in [6.07, 6.45) is 0. The molecule has 0 aliphatic rings. The average molecular weight is 374 g/mol. The summed E-state index contributed by atoms with van der Waals surface area (Å²) in [6, 6.07) is 15.9. The fourth-order valence-electron chi connectivity index (χ4n) is 2.52. The fraction of sp³-hybridized carbons (Fsp3) is 0.263. The third kappa shape index (κ3) is 4.24. The number of nitrogens with zero attached hydrogens (tertiary/aromatic N) is 3. The second kappa shape index (κ2) is 8.52. The van der Waals surface area contributed by atoms with Gasteiger partial charge in [0, 0.05) is 22.9 Å². The molecule has 0 bridgehead atoms. The lowest BCUT2D eigenvalue weighted by Gasteiger charge is -2.13. The number of aryl methyl sites for hydroxylation is 1. The predicted molar refractivity (Wildman–Crippen MR) is 104 cm³/mol. The maximum Gasteiger partial charge on any atom is 0.196 e. The molecule has 0 aliphatic carbocycles. The van der Waals surface area contributed by atoms with Crippen LogP contribution < -0.4 is 0 Å². The van der Waals surface area contributed by atoms with Gasteiger partial charge in [-0.2, -0.15) is 0 Å². The van der Waals surface area contributed by atoms with Crippen LogP contribution in [0.3, 0.4) is 0 Å². The number of hydrogen-bond acceptors (Lipinski definition) is 4. The van der Waals surface area contributed by atoms with Gasteiger partial charge >= 0.3 is 0 Å². The molecule has 0 radical (unpaired) electrons. The van der Waals surface area contributed by atoms with Crippen molar-refractivity contribution in [2.75, 3.05) is 19.0 Å². The highest BCUT2D eigenvalue weighted by Gasteiger charge is 2.17. The molecule has 0 aliphatic heterocycles. The second-order valence-electron chi connectivity index (χ2n) is 5.48. The topological polar surface area (TPSA) is 39.9 Å². The quantitative estimate of drug-likeness (QED) is 0.430. The summed E-state index contributed by atoms with van der Waals surface area (Å²) < 4.78 is 7.54. The first-order chi connectivity index (χ1) is 12.2. The molecule has 1 aromatic heterocycles. The van der Waals surface area contributed by atoms with Crippen LogP contribution in [0.1, 0.15) is 12.5 Å². The molecule has 0 spiro atoms. The van der Waals surface area contributed by atoms with Gasteiger partial charge in [0.05, 0.1) is 12.3 Å². The van der Waals surface area contributed by atoms with Gasteiger partial charge in [0.15, 0.2) is 11.0 Å². The van der Waals surface area contributed by atoms with Crippen molar-refractivity contribution in [1.82, 2.24) is 14.8 Å². The van der Waals surface area contributed by atoms with Crippen LogP contribution in [0.4, 0.5) is 0 Å². The molecule has 3 aromatic rings. The van der Waals surface area contributed by atoms with Gasteiger partial charge in [-0.25, -0.2) is 0 Å². The van der Waals surface area contributed by atoms with E-state index in [-0.39, 0.29) is 0 Å². The molecule has 0 saturated carbocycles. The molecule has 1 heterocycles. The second-order valence-corrected chi connectivity index (χ2v) is 6.98. The number of rotatable bonds is 7. The van der Waals surface area contributed by atoms with E-state index >= 15 is 0 Å². The normalized spacial score (nSPS) is 11.0. The minimum absolute atomic E-state index is 0.693. The number of halogens is 1. The van der Waals surface area contributed by atoms with E-state index in [1.54, 1.807) is 11.8 Å². The summed E-state index contributed by atoms with van der Waals surface area (Å²) in [5.74, 6) is 1.64. The lowest BCUT2D eigenvalue weighted by Crippen LogP contribution is -2.03. The lowest BCUT2D eigenvalue weighted by atomic mass is 10.1. The van der Waals surface area contributed by atoms with Crippen LogP contribution in [0.15, 0.2) is 53.7 Å². The molecular formula is C19H20ClN3OS. The first kappa shape index (κ1) is 18.0. The molecule has 0 atom stereocenters. The zero-order valence-electron chi connectivity index (χ0n) is 14.3. The molecule has 130 valence electrons. The van der Waals surface area contributed by atoms with E-state index in [0.717, 1.165) is 34.6 Å². The van der Waals surface area contributed by atoms with Crippen LogP contribution >= 0.6 is 23.4 Å². The van der Waals surface area contributed by atoms with Gasteiger partial charge in [-0.15, -0.1) is 10.2 Å². The Balaban J connectivity index is 2.02. The predicted octanol–water partition coefficient (Wildman–Crippen LogP) is 5.02. The van der Waals surface area contributed by atoms with E-state index in [2.05, 4.69) is 33.8 Å². The largest absolute Gasteiger partial charge is 0.381 e. The highest BCUT2D eigenvalue weighted by atomic mass is 35.5. The molecule has 25 heavy (non-hydrogen) atoms. The van der Waals surface area contributed by atoms with E-state index in [1.807, 2.05) is 43.3 Å². The summed E-state index contributed by atoms with van der Waals surface area (Å²) in [7, 11) is 0. The Kier molecular flexibility index (Phi) is 6.13. The van der Waals surface area contributed by atoms with E-state index in [9.17, 15) is 0 Å². The molecule has 0 N–H and O–H groups in total. The van der Waals surface area contributed by atoms with Gasteiger partial charge in [0.1, 0.15) is 0 Å². The molecule has 4 nitrogen and oxygen atoms in total. The molecular weight excluding hydrogens is 354 g/mol. The van der Waals surface area contributed by atoms with Crippen LogP contribution in [-0.4, -0.2) is 33.7 Å². The van der Waals surface area contributed by atoms with Gasteiger partial charge < -0.3 is 4.74 Å². The van der Waals surface area contributed by atoms with Gasteiger partial charge in [0.2, 0.25) is 0 Å². The molecule has 2 aromatic carbocycles. The van der Waals surface area contributed by atoms with E-state index in [0.29, 0.717) is 11.6 Å². The first-order valence-electron chi connectivity index (χ1n) is 8.18. The van der Waals surface area contributed by atoms with Crippen molar-refractivity contribution < 1.29 is 4.74 Å². The summed E-state index contributed by atoms with van der Waals surface area (Å²) in [5.41, 5.74) is 3.23. The SMILES string of the molecule is CCOCCSc1nnc(-c2ccc(Cl)cc2)n1-c1ccccc1C. The summed E-state index contributed by atoms with van der Waals surface area (Å²) in [5, 5.41) is 10.4. The minimum atomic E-state index is 0.693. The van der Waals surface area contributed by atoms with E-state index in [4.69, 9.17) is 16.3 Å². The Hall–Kier alpha value is -1.82. The zero-order valence-corrected chi connectivity index (χ0v) is 15.8. The molecule has 0 amide bonds. The highest BCUT2D eigenvalue weighted by molar-refractivity contribution is 7.99. The maximum atomic E-state index is 6.02.